The summed E-state index contributed by atoms with van der Waals surface area (Å²) in [6.45, 7) is -0.330. The Hall–Kier alpha value is -3.22. The summed E-state index contributed by atoms with van der Waals surface area (Å²) in [4.78, 5) is 14.8. The monoisotopic (exact) mass is 331 g/mol. The Labute approximate surface area is 135 Å². The first-order valence-electron chi connectivity index (χ1n) is 6.90. The number of halogens is 2. The number of pyridine rings is 1. The van der Waals surface area contributed by atoms with E-state index < -0.39 is 17.8 Å². The van der Waals surface area contributed by atoms with Gasteiger partial charge in [0.1, 0.15) is 35.3 Å². The van der Waals surface area contributed by atoms with Gasteiger partial charge in [-0.05, 0) is 24.3 Å². The van der Waals surface area contributed by atoms with Crippen LogP contribution in [-0.4, -0.2) is 16.2 Å². The summed E-state index contributed by atoms with van der Waals surface area (Å²) in [5.74, 6) is -1.07. The molecule has 0 radical (unpaired) electrons. The molecule has 0 saturated carbocycles. The summed E-state index contributed by atoms with van der Waals surface area (Å²) < 4.78 is 37.5. The third-order valence-corrected chi connectivity index (χ3v) is 3.32. The van der Waals surface area contributed by atoms with E-state index in [0.717, 1.165) is 12.1 Å². The van der Waals surface area contributed by atoms with Crippen LogP contribution in [0, 0.1) is 11.6 Å². The minimum absolute atomic E-state index is 0.0926. The number of fused-ring (bicyclic) bond motifs is 1. The van der Waals surface area contributed by atoms with E-state index in [1.165, 1.54) is 18.3 Å². The van der Waals surface area contributed by atoms with Crippen LogP contribution >= 0.6 is 0 Å². The Kier molecular flexibility index (Phi) is 4.24. The van der Waals surface area contributed by atoms with Crippen LogP contribution in [0.4, 0.5) is 13.6 Å². The zero-order valence-corrected chi connectivity index (χ0v) is 12.2. The highest BCUT2D eigenvalue weighted by atomic mass is 19.1. The molecule has 7 heteroatoms. The fourth-order valence-electron chi connectivity index (χ4n) is 2.24. The molecule has 0 aliphatic heterocycles. The lowest BCUT2D eigenvalue weighted by atomic mass is 10.2. The number of nitrogens with zero attached hydrogens (tertiary/aromatic N) is 1. The molecule has 0 atom stereocenters. The Morgan fingerprint density at radius 1 is 1.04 bits per heavy atom. The van der Waals surface area contributed by atoms with Gasteiger partial charge in [-0.1, -0.05) is 12.1 Å². The summed E-state index contributed by atoms with van der Waals surface area (Å²) in [7, 11) is 0. The maximum Gasteiger partial charge on any atom is 0.511 e. The van der Waals surface area contributed by atoms with Gasteiger partial charge in [0.15, 0.2) is 0 Å². The molecule has 122 valence electrons. The van der Waals surface area contributed by atoms with Crippen LogP contribution in [0.15, 0.2) is 48.7 Å². The van der Waals surface area contributed by atoms with Crippen molar-refractivity contribution in [3.05, 3.63) is 65.9 Å². The Balaban J connectivity index is 1.94. The van der Waals surface area contributed by atoms with E-state index in [2.05, 4.69) is 9.72 Å². The van der Waals surface area contributed by atoms with Gasteiger partial charge in [-0.15, -0.1) is 0 Å². The van der Waals surface area contributed by atoms with E-state index in [4.69, 9.17) is 9.84 Å². The number of hydrogen-bond acceptors (Lipinski definition) is 4. The highest BCUT2D eigenvalue weighted by molar-refractivity contribution is 5.90. The van der Waals surface area contributed by atoms with Gasteiger partial charge in [-0.25, -0.2) is 13.6 Å². The van der Waals surface area contributed by atoms with Gasteiger partial charge in [0.25, 0.3) is 0 Å². The maximum absolute atomic E-state index is 13.7. The minimum Gasteiger partial charge on any atom is -0.486 e. The number of rotatable bonds is 4. The van der Waals surface area contributed by atoms with Crippen molar-refractivity contribution < 1.29 is 28.2 Å². The summed E-state index contributed by atoms with van der Waals surface area (Å²) in [6, 6.07) is 9.73. The van der Waals surface area contributed by atoms with Crippen molar-refractivity contribution in [2.45, 2.75) is 6.61 Å². The van der Waals surface area contributed by atoms with Crippen LogP contribution in [0.1, 0.15) is 5.56 Å². The van der Waals surface area contributed by atoms with E-state index in [1.807, 2.05) is 0 Å². The molecular formula is C17H11F2NO4. The van der Waals surface area contributed by atoms with Crippen molar-refractivity contribution in [3.8, 4) is 11.5 Å². The van der Waals surface area contributed by atoms with E-state index in [9.17, 15) is 13.6 Å². The van der Waals surface area contributed by atoms with Crippen molar-refractivity contribution in [1.29, 1.82) is 0 Å². The predicted molar refractivity (Wildman–Crippen MR) is 81.1 cm³/mol. The summed E-state index contributed by atoms with van der Waals surface area (Å²) in [6.07, 6.45) is -0.0980. The molecule has 1 heterocycles. The Bertz CT molecular complexity index is 894. The molecular weight excluding hydrogens is 320 g/mol. The topological polar surface area (TPSA) is 68.7 Å². The average molecular weight is 331 g/mol. The van der Waals surface area contributed by atoms with Crippen LogP contribution in [-0.2, 0) is 6.61 Å². The highest BCUT2D eigenvalue weighted by Crippen LogP contribution is 2.31. The molecule has 2 aromatic carbocycles. The number of ether oxygens (including phenoxy) is 2. The van der Waals surface area contributed by atoms with Crippen LogP contribution in [0.5, 0.6) is 11.5 Å². The lowest BCUT2D eigenvalue weighted by Crippen LogP contribution is -2.05. The Morgan fingerprint density at radius 3 is 2.46 bits per heavy atom. The SMILES string of the molecule is O=C(O)Oc1ccnc2c(OCc3c(F)cccc3F)cccc12. The number of aromatic nitrogens is 1. The van der Waals surface area contributed by atoms with Gasteiger partial charge in [0.05, 0.1) is 5.56 Å². The lowest BCUT2D eigenvalue weighted by molar-refractivity contribution is 0.145. The number of benzene rings is 2. The molecule has 0 amide bonds. The van der Waals surface area contributed by atoms with Crippen LogP contribution in [0.25, 0.3) is 10.9 Å². The zero-order chi connectivity index (χ0) is 17.1. The maximum atomic E-state index is 13.7. The van der Waals surface area contributed by atoms with E-state index >= 15 is 0 Å². The number of hydrogen-bond donors (Lipinski definition) is 1. The smallest absolute Gasteiger partial charge is 0.486 e. The van der Waals surface area contributed by atoms with Gasteiger partial charge >= 0.3 is 6.16 Å². The molecule has 0 saturated heterocycles. The molecule has 0 aliphatic carbocycles. The van der Waals surface area contributed by atoms with Crippen LogP contribution in [0.2, 0.25) is 0 Å². The van der Waals surface area contributed by atoms with E-state index in [0.29, 0.717) is 10.9 Å². The predicted octanol–water partition coefficient (Wildman–Crippen LogP) is 4.15. The first kappa shape index (κ1) is 15.7. The second kappa shape index (κ2) is 6.49. The third-order valence-electron chi connectivity index (χ3n) is 3.32. The van der Waals surface area contributed by atoms with Crippen molar-refractivity contribution >= 4 is 17.1 Å². The fourth-order valence-corrected chi connectivity index (χ4v) is 2.24. The van der Waals surface area contributed by atoms with Crippen molar-refractivity contribution in [2.24, 2.45) is 0 Å². The highest BCUT2D eigenvalue weighted by Gasteiger charge is 2.13. The quantitative estimate of drug-likeness (QED) is 0.727. The Morgan fingerprint density at radius 2 is 1.75 bits per heavy atom. The number of carboxylic acid groups (broad SMARTS) is 1. The minimum atomic E-state index is -1.46. The molecule has 0 bridgehead atoms. The summed E-state index contributed by atoms with van der Waals surface area (Å²) in [5.41, 5.74) is 0.125. The lowest BCUT2D eigenvalue weighted by Gasteiger charge is -2.11. The van der Waals surface area contributed by atoms with Gasteiger partial charge in [-0.2, -0.15) is 0 Å². The summed E-state index contributed by atoms with van der Waals surface area (Å²) in [5, 5.41) is 9.16. The molecule has 0 fully saturated rings. The van der Waals surface area contributed by atoms with Crippen LogP contribution in [0.3, 0.4) is 0 Å². The van der Waals surface area contributed by atoms with Crippen LogP contribution < -0.4 is 9.47 Å². The van der Waals surface area contributed by atoms with Crippen molar-refractivity contribution in [1.82, 2.24) is 4.98 Å². The molecule has 0 spiro atoms. The second-order valence-corrected chi connectivity index (χ2v) is 4.82. The van der Waals surface area contributed by atoms with E-state index in [-0.39, 0.29) is 23.7 Å². The fraction of sp³-hybridized carbons (Fsp3) is 0.0588. The molecule has 0 aliphatic rings. The average Bonchev–Trinajstić information content (AvgIpc) is 2.54. The molecule has 24 heavy (non-hydrogen) atoms. The first-order valence-corrected chi connectivity index (χ1v) is 6.90. The van der Waals surface area contributed by atoms with Crippen molar-refractivity contribution in [3.63, 3.8) is 0 Å². The number of para-hydroxylation sites is 1. The molecule has 1 N–H and O–H groups in total. The van der Waals surface area contributed by atoms with Gasteiger partial charge in [-0.3, -0.25) is 4.98 Å². The largest absolute Gasteiger partial charge is 0.511 e. The normalized spacial score (nSPS) is 10.6. The molecule has 3 rings (SSSR count). The van der Waals surface area contributed by atoms with Gasteiger partial charge < -0.3 is 14.6 Å². The molecule has 5 nitrogen and oxygen atoms in total. The second-order valence-electron chi connectivity index (χ2n) is 4.82. The van der Waals surface area contributed by atoms with Gasteiger partial charge in [0.2, 0.25) is 0 Å². The van der Waals surface area contributed by atoms with Gasteiger partial charge in [0, 0.05) is 17.6 Å². The first-order chi connectivity index (χ1) is 11.6. The zero-order valence-electron chi connectivity index (χ0n) is 12.2. The number of carbonyl (C=O) groups is 1. The summed E-state index contributed by atoms with van der Waals surface area (Å²) >= 11 is 0. The van der Waals surface area contributed by atoms with E-state index in [1.54, 1.807) is 18.2 Å². The molecule has 1 aromatic heterocycles. The standard InChI is InChI=1S/C17H11F2NO4/c18-12-4-2-5-13(19)11(12)9-23-15-6-1-3-10-14(24-17(21)22)7-8-20-16(10)15/h1-8H,9H2,(H,21,22). The molecule has 3 aromatic rings. The van der Waals surface area contributed by atoms with Crippen molar-refractivity contribution in [2.75, 3.05) is 0 Å². The molecule has 0 unspecified atom stereocenters. The third kappa shape index (κ3) is 3.10.